The van der Waals surface area contributed by atoms with Crippen LogP contribution in [0.4, 0.5) is 4.39 Å². The lowest BCUT2D eigenvalue weighted by molar-refractivity contribution is 0.468. The minimum atomic E-state index is -0.516. The van der Waals surface area contributed by atoms with Gasteiger partial charge >= 0.3 is 0 Å². The van der Waals surface area contributed by atoms with E-state index in [-0.39, 0.29) is 5.75 Å². The number of benzene rings is 1. The Bertz CT molecular complexity index is 803. The fraction of sp³-hybridized carbons (Fsp3) is 0.200. The summed E-state index contributed by atoms with van der Waals surface area (Å²) in [7, 11) is 0. The SMILES string of the molecule is Cc1cc(-c2c(C)nsc2C)n(-c2ccc(O)cc2F)n1. The highest BCUT2D eigenvalue weighted by molar-refractivity contribution is 7.06. The maximum Gasteiger partial charge on any atom is 0.152 e. The fourth-order valence-electron chi connectivity index (χ4n) is 2.38. The van der Waals surface area contributed by atoms with Crippen LogP contribution in [-0.4, -0.2) is 19.3 Å². The van der Waals surface area contributed by atoms with Gasteiger partial charge in [0.05, 0.1) is 17.1 Å². The molecular formula is C15H14FN3OS. The van der Waals surface area contributed by atoms with Crippen molar-refractivity contribution in [3.05, 3.63) is 46.3 Å². The lowest BCUT2D eigenvalue weighted by Gasteiger charge is -2.09. The summed E-state index contributed by atoms with van der Waals surface area (Å²) >= 11 is 1.42. The molecule has 0 amide bonds. The van der Waals surface area contributed by atoms with Crippen LogP contribution in [0.2, 0.25) is 0 Å². The quantitative estimate of drug-likeness (QED) is 0.784. The highest BCUT2D eigenvalue weighted by Gasteiger charge is 2.18. The molecule has 2 aromatic heterocycles. The number of halogens is 1. The Kier molecular flexibility index (Phi) is 3.25. The molecule has 0 aliphatic rings. The molecule has 0 aliphatic heterocycles. The van der Waals surface area contributed by atoms with Crippen molar-refractivity contribution in [2.75, 3.05) is 0 Å². The molecule has 6 heteroatoms. The van der Waals surface area contributed by atoms with Gasteiger partial charge in [-0.05, 0) is 50.5 Å². The van der Waals surface area contributed by atoms with E-state index in [4.69, 9.17) is 0 Å². The average Bonchev–Trinajstić information content (AvgIpc) is 2.93. The molecule has 3 rings (SSSR count). The van der Waals surface area contributed by atoms with E-state index in [1.807, 2.05) is 26.8 Å². The number of hydrogen-bond donors (Lipinski definition) is 1. The number of nitrogens with zero attached hydrogens (tertiary/aromatic N) is 3. The summed E-state index contributed by atoms with van der Waals surface area (Å²) in [6.07, 6.45) is 0. The summed E-state index contributed by atoms with van der Waals surface area (Å²) < 4.78 is 20.0. The molecule has 0 saturated carbocycles. The Morgan fingerprint density at radius 1 is 1.19 bits per heavy atom. The van der Waals surface area contributed by atoms with Crippen LogP contribution in [0.25, 0.3) is 16.9 Å². The van der Waals surface area contributed by atoms with E-state index in [2.05, 4.69) is 9.47 Å². The number of rotatable bonds is 2. The van der Waals surface area contributed by atoms with Crippen molar-refractivity contribution in [3.8, 4) is 22.7 Å². The van der Waals surface area contributed by atoms with Gasteiger partial charge in [0, 0.05) is 16.5 Å². The monoisotopic (exact) mass is 303 g/mol. The first-order chi connectivity index (χ1) is 9.97. The Balaban J connectivity index is 2.26. The van der Waals surface area contributed by atoms with E-state index in [0.29, 0.717) is 5.69 Å². The van der Waals surface area contributed by atoms with Crippen LogP contribution in [0, 0.1) is 26.6 Å². The van der Waals surface area contributed by atoms with Crippen LogP contribution in [0.3, 0.4) is 0 Å². The molecular weight excluding hydrogens is 289 g/mol. The predicted molar refractivity (Wildman–Crippen MR) is 80.5 cm³/mol. The van der Waals surface area contributed by atoms with Crippen LogP contribution >= 0.6 is 11.5 Å². The zero-order valence-electron chi connectivity index (χ0n) is 11.9. The second-order valence-electron chi connectivity index (χ2n) is 4.92. The third-order valence-corrected chi connectivity index (χ3v) is 4.12. The number of aromatic nitrogens is 3. The van der Waals surface area contributed by atoms with Crippen LogP contribution in [0.15, 0.2) is 24.3 Å². The zero-order valence-corrected chi connectivity index (χ0v) is 12.7. The lowest BCUT2D eigenvalue weighted by Crippen LogP contribution is -2.02. The van der Waals surface area contributed by atoms with E-state index >= 15 is 0 Å². The second-order valence-corrected chi connectivity index (χ2v) is 5.90. The lowest BCUT2D eigenvalue weighted by atomic mass is 10.1. The number of phenols is 1. The molecule has 0 unspecified atom stereocenters. The smallest absolute Gasteiger partial charge is 0.152 e. The molecule has 3 aromatic rings. The summed E-state index contributed by atoms with van der Waals surface area (Å²) in [5.41, 5.74) is 3.79. The molecule has 0 bridgehead atoms. The van der Waals surface area contributed by atoms with Crippen molar-refractivity contribution in [2.24, 2.45) is 0 Å². The van der Waals surface area contributed by atoms with E-state index in [0.717, 1.165) is 33.6 Å². The standard InChI is InChI=1S/C15H14FN3OS/c1-8-6-14(15-9(2)18-21-10(15)3)19(17-8)13-5-4-11(20)7-12(13)16/h4-7,20H,1-3H3. The maximum absolute atomic E-state index is 14.1. The third kappa shape index (κ3) is 2.31. The molecule has 0 fully saturated rings. The van der Waals surface area contributed by atoms with Crippen molar-refractivity contribution < 1.29 is 9.50 Å². The molecule has 2 heterocycles. The van der Waals surface area contributed by atoms with Gasteiger partial charge in [-0.25, -0.2) is 9.07 Å². The number of aromatic hydroxyl groups is 1. The largest absolute Gasteiger partial charge is 0.508 e. The molecule has 4 nitrogen and oxygen atoms in total. The Hall–Kier alpha value is -2.21. The molecule has 0 saturated heterocycles. The van der Waals surface area contributed by atoms with Gasteiger partial charge in [0.2, 0.25) is 0 Å². The summed E-state index contributed by atoms with van der Waals surface area (Å²) in [6.45, 7) is 5.78. The van der Waals surface area contributed by atoms with Gasteiger partial charge in [-0.1, -0.05) is 0 Å². The molecule has 108 valence electrons. The zero-order chi connectivity index (χ0) is 15.1. The molecule has 0 atom stereocenters. The minimum Gasteiger partial charge on any atom is -0.508 e. The van der Waals surface area contributed by atoms with Gasteiger partial charge in [-0.15, -0.1) is 0 Å². The Labute approximate surface area is 125 Å². The highest BCUT2D eigenvalue weighted by Crippen LogP contribution is 2.32. The molecule has 21 heavy (non-hydrogen) atoms. The molecule has 0 aliphatic carbocycles. The normalized spacial score (nSPS) is 11.0. The fourth-order valence-corrected chi connectivity index (χ4v) is 3.09. The summed E-state index contributed by atoms with van der Waals surface area (Å²) in [5.74, 6) is -0.621. The summed E-state index contributed by atoms with van der Waals surface area (Å²) in [4.78, 5) is 1.06. The summed E-state index contributed by atoms with van der Waals surface area (Å²) in [6, 6.07) is 5.97. The predicted octanol–water partition coefficient (Wildman–Crippen LogP) is 3.77. The first-order valence-electron chi connectivity index (χ1n) is 6.46. The summed E-state index contributed by atoms with van der Waals surface area (Å²) in [5, 5.41) is 13.7. The third-order valence-electron chi connectivity index (χ3n) is 3.28. The van der Waals surface area contributed by atoms with E-state index < -0.39 is 5.82 Å². The van der Waals surface area contributed by atoms with Crippen molar-refractivity contribution >= 4 is 11.5 Å². The molecule has 0 radical (unpaired) electrons. The first kappa shape index (κ1) is 13.8. The minimum absolute atomic E-state index is 0.105. The van der Waals surface area contributed by atoms with E-state index in [9.17, 15) is 9.50 Å². The number of aryl methyl sites for hydroxylation is 3. The van der Waals surface area contributed by atoms with E-state index in [1.54, 1.807) is 4.68 Å². The van der Waals surface area contributed by atoms with Crippen LogP contribution < -0.4 is 0 Å². The maximum atomic E-state index is 14.1. The number of hydrogen-bond acceptors (Lipinski definition) is 4. The van der Waals surface area contributed by atoms with Crippen LogP contribution in [-0.2, 0) is 0 Å². The van der Waals surface area contributed by atoms with Gasteiger partial charge in [0.15, 0.2) is 5.82 Å². The topological polar surface area (TPSA) is 50.9 Å². The van der Waals surface area contributed by atoms with Crippen molar-refractivity contribution in [1.82, 2.24) is 14.2 Å². The van der Waals surface area contributed by atoms with Crippen molar-refractivity contribution in [3.63, 3.8) is 0 Å². The first-order valence-corrected chi connectivity index (χ1v) is 7.23. The van der Waals surface area contributed by atoms with Crippen molar-refractivity contribution in [2.45, 2.75) is 20.8 Å². The van der Waals surface area contributed by atoms with Gasteiger partial charge in [0.1, 0.15) is 11.4 Å². The Morgan fingerprint density at radius 2 is 1.95 bits per heavy atom. The van der Waals surface area contributed by atoms with Crippen LogP contribution in [0.5, 0.6) is 5.75 Å². The van der Waals surface area contributed by atoms with Gasteiger partial charge < -0.3 is 5.11 Å². The van der Waals surface area contributed by atoms with Crippen molar-refractivity contribution in [1.29, 1.82) is 0 Å². The highest BCUT2D eigenvalue weighted by atomic mass is 32.1. The molecule has 0 spiro atoms. The van der Waals surface area contributed by atoms with E-state index in [1.165, 1.54) is 23.7 Å². The Morgan fingerprint density at radius 3 is 2.57 bits per heavy atom. The average molecular weight is 303 g/mol. The van der Waals surface area contributed by atoms with Gasteiger partial charge in [-0.2, -0.15) is 9.47 Å². The number of phenolic OH excluding ortho intramolecular Hbond substituents is 1. The molecule has 1 aromatic carbocycles. The van der Waals surface area contributed by atoms with Gasteiger partial charge in [0.25, 0.3) is 0 Å². The van der Waals surface area contributed by atoms with Crippen LogP contribution in [0.1, 0.15) is 16.3 Å². The second kappa shape index (κ2) is 4.96. The van der Waals surface area contributed by atoms with Gasteiger partial charge in [-0.3, -0.25) is 0 Å². The molecule has 1 N–H and O–H groups in total.